The maximum atomic E-state index is 5.85. The first-order valence-corrected chi connectivity index (χ1v) is 6.08. The lowest BCUT2D eigenvalue weighted by Gasteiger charge is -2.27. The van der Waals surface area contributed by atoms with Crippen molar-refractivity contribution >= 4 is 11.4 Å². The highest BCUT2D eigenvalue weighted by molar-refractivity contribution is 5.59. The molecule has 88 valence electrons. The molecular formula is C13H20N2O. The van der Waals surface area contributed by atoms with Crippen LogP contribution >= 0.6 is 0 Å². The summed E-state index contributed by atoms with van der Waals surface area (Å²) in [5, 5.41) is 3.48. The van der Waals surface area contributed by atoms with Crippen LogP contribution in [0.5, 0.6) is 5.75 Å². The third-order valence-electron chi connectivity index (χ3n) is 2.88. The van der Waals surface area contributed by atoms with Gasteiger partial charge < -0.3 is 15.8 Å². The van der Waals surface area contributed by atoms with Crippen LogP contribution in [0, 0.1) is 0 Å². The number of nitrogen functional groups attached to an aromatic ring is 1. The van der Waals surface area contributed by atoms with Gasteiger partial charge in [-0.3, -0.25) is 0 Å². The second-order valence-electron chi connectivity index (χ2n) is 4.41. The number of hydrogen-bond donors (Lipinski definition) is 2. The van der Waals surface area contributed by atoms with Crippen LogP contribution in [-0.2, 0) is 0 Å². The molecule has 0 bridgehead atoms. The fourth-order valence-electron chi connectivity index (χ4n) is 1.80. The summed E-state index contributed by atoms with van der Waals surface area (Å²) in [7, 11) is 0. The molecule has 3 N–H and O–H groups in total. The second-order valence-corrected chi connectivity index (χ2v) is 4.41. The summed E-state index contributed by atoms with van der Waals surface area (Å²) in [5.41, 5.74) is 7.69. The number of nitrogens with one attached hydrogen (secondary N) is 1. The van der Waals surface area contributed by atoms with Gasteiger partial charge in [-0.05, 0) is 31.7 Å². The van der Waals surface area contributed by atoms with E-state index in [1.54, 1.807) is 0 Å². The summed E-state index contributed by atoms with van der Waals surface area (Å²) < 4.78 is 5.59. The van der Waals surface area contributed by atoms with Crippen molar-refractivity contribution in [1.29, 1.82) is 0 Å². The lowest BCUT2D eigenvalue weighted by atomic mass is 9.93. The first-order chi connectivity index (χ1) is 7.78. The SMILES string of the molecule is CCCOc1cc(N)cc(NC2CCC2)c1. The summed E-state index contributed by atoms with van der Waals surface area (Å²) in [6.07, 6.45) is 4.87. The van der Waals surface area contributed by atoms with Crippen molar-refractivity contribution in [3.63, 3.8) is 0 Å². The molecule has 0 heterocycles. The summed E-state index contributed by atoms with van der Waals surface area (Å²) in [6.45, 7) is 2.84. The molecule has 1 fully saturated rings. The van der Waals surface area contributed by atoms with Gasteiger partial charge in [0.25, 0.3) is 0 Å². The van der Waals surface area contributed by atoms with E-state index in [1.807, 2.05) is 18.2 Å². The number of hydrogen-bond acceptors (Lipinski definition) is 3. The maximum absolute atomic E-state index is 5.85. The molecule has 0 unspecified atom stereocenters. The topological polar surface area (TPSA) is 47.3 Å². The molecule has 2 rings (SSSR count). The molecule has 1 saturated carbocycles. The predicted molar refractivity (Wildman–Crippen MR) is 67.9 cm³/mol. The van der Waals surface area contributed by atoms with E-state index in [9.17, 15) is 0 Å². The van der Waals surface area contributed by atoms with Crippen LogP contribution in [0.25, 0.3) is 0 Å². The van der Waals surface area contributed by atoms with Crippen molar-refractivity contribution in [1.82, 2.24) is 0 Å². The van der Waals surface area contributed by atoms with E-state index in [0.717, 1.165) is 30.2 Å². The number of nitrogens with two attached hydrogens (primary N) is 1. The fraction of sp³-hybridized carbons (Fsp3) is 0.538. The van der Waals surface area contributed by atoms with Gasteiger partial charge in [-0.15, -0.1) is 0 Å². The Morgan fingerprint density at radius 2 is 2.19 bits per heavy atom. The quantitative estimate of drug-likeness (QED) is 0.750. The standard InChI is InChI=1S/C13H20N2O/c1-2-6-16-13-8-10(14)7-12(9-13)15-11-4-3-5-11/h7-9,11,15H,2-6,14H2,1H3. The van der Waals surface area contributed by atoms with Gasteiger partial charge >= 0.3 is 0 Å². The molecule has 16 heavy (non-hydrogen) atoms. The average Bonchev–Trinajstić information content (AvgIpc) is 2.20. The average molecular weight is 220 g/mol. The Labute approximate surface area is 97.0 Å². The first-order valence-electron chi connectivity index (χ1n) is 6.08. The van der Waals surface area contributed by atoms with Crippen LogP contribution in [0.3, 0.4) is 0 Å². The molecule has 1 aromatic carbocycles. The van der Waals surface area contributed by atoms with Gasteiger partial charge in [0.05, 0.1) is 6.61 Å². The van der Waals surface area contributed by atoms with Gasteiger partial charge in [0.2, 0.25) is 0 Å². The third kappa shape index (κ3) is 2.81. The van der Waals surface area contributed by atoms with Crippen LogP contribution in [0.4, 0.5) is 11.4 Å². The van der Waals surface area contributed by atoms with Crippen molar-refractivity contribution in [2.45, 2.75) is 38.6 Å². The van der Waals surface area contributed by atoms with E-state index in [0.29, 0.717) is 6.04 Å². The van der Waals surface area contributed by atoms with E-state index >= 15 is 0 Å². The van der Waals surface area contributed by atoms with Crippen LogP contribution in [0.15, 0.2) is 18.2 Å². The minimum atomic E-state index is 0.626. The zero-order valence-electron chi connectivity index (χ0n) is 9.83. The number of benzene rings is 1. The van der Waals surface area contributed by atoms with Gasteiger partial charge in [0.15, 0.2) is 0 Å². The molecule has 0 amide bonds. The van der Waals surface area contributed by atoms with Crippen molar-refractivity contribution in [2.75, 3.05) is 17.7 Å². The van der Waals surface area contributed by atoms with E-state index in [4.69, 9.17) is 10.5 Å². The molecule has 1 aromatic rings. The van der Waals surface area contributed by atoms with E-state index in [2.05, 4.69) is 12.2 Å². The summed E-state index contributed by atoms with van der Waals surface area (Å²) in [6, 6.07) is 6.50. The molecule has 1 aliphatic rings. The minimum Gasteiger partial charge on any atom is -0.493 e. The van der Waals surface area contributed by atoms with E-state index in [1.165, 1.54) is 19.3 Å². The molecular weight excluding hydrogens is 200 g/mol. The smallest absolute Gasteiger partial charge is 0.123 e. The molecule has 0 aromatic heterocycles. The maximum Gasteiger partial charge on any atom is 0.123 e. The molecule has 0 radical (unpaired) electrons. The zero-order chi connectivity index (χ0) is 11.4. The van der Waals surface area contributed by atoms with E-state index in [-0.39, 0.29) is 0 Å². The van der Waals surface area contributed by atoms with Crippen molar-refractivity contribution in [2.24, 2.45) is 0 Å². The Kier molecular flexibility index (Phi) is 3.54. The van der Waals surface area contributed by atoms with Gasteiger partial charge in [0, 0.05) is 29.5 Å². The lowest BCUT2D eigenvalue weighted by Crippen LogP contribution is -2.26. The molecule has 1 aliphatic carbocycles. The highest BCUT2D eigenvalue weighted by Gasteiger charge is 2.17. The lowest BCUT2D eigenvalue weighted by molar-refractivity contribution is 0.317. The van der Waals surface area contributed by atoms with Crippen LogP contribution in [0.2, 0.25) is 0 Å². The first kappa shape index (κ1) is 11.1. The van der Waals surface area contributed by atoms with Crippen molar-refractivity contribution < 1.29 is 4.74 Å². The fourth-order valence-corrected chi connectivity index (χ4v) is 1.80. The zero-order valence-corrected chi connectivity index (χ0v) is 9.83. The molecule has 0 saturated heterocycles. The largest absolute Gasteiger partial charge is 0.493 e. The Morgan fingerprint density at radius 3 is 2.81 bits per heavy atom. The molecule has 3 heteroatoms. The van der Waals surface area contributed by atoms with E-state index < -0.39 is 0 Å². The minimum absolute atomic E-state index is 0.626. The number of rotatable bonds is 5. The Balaban J connectivity index is 2.02. The predicted octanol–water partition coefficient (Wildman–Crippen LogP) is 3.02. The Bertz CT molecular complexity index is 348. The normalized spacial score (nSPS) is 15.6. The monoisotopic (exact) mass is 220 g/mol. The van der Waals surface area contributed by atoms with Crippen molar-refractivity contribution in [3.8, 4) is 5.75 Å². The van der Waals surface area contributed by atoms with Gasteiger partial charge in [0.1, 0.15) is 5.75 Å². The number of ether oxygens (including phenoxy) is 1. The van der Waals surface area contributed by atoms with Gasteiger partial charge in [-0.25, -0.2) is 0 Å². The Hall–Kier alpha value is -1.38. The van der Waals surface area contributed by atoms with Crippen LogP contribution in [0.1, 0.15) is 32.6 Å². The third-order valence-corrected chi connectivity index (χ3v) is 2.88. The molecule has 0 atom stereocenters. The van der Waals surface area contributed by atoms with Gasteiger partial charge in [-0.2, -0.15) is 0 Å². The Morgan fingerprint density at radius 1 is 1.38 bits per heavy atom. The molecule has 3 nitrogen and oxygen atoms in total. The number of anilines is 2. The molecule has 0 spiro atoms. The summed E-state index contributed by atoms with van der Waals surface area (Å²) in [5.74, 6) is 0.865. The summed E-state index contributed by atoms with van der Waals surface area (Å²) in [4.78, 5) is 0. The highest BCUT2D eigenvalue weighted by Crippen LogP contribution is 2.27. The van der Waals surface area contributed by atoms with Crippen LogP contribution < -0.4 is 15.8 Å². The highest BCUT2D eigenvalue weighted by atomic mass is 16.5. The summed E-state index contributed by atoms with van der Waals surface area (Å²) >= 11 is 0. The van der Waals surface area contributed by atoms with Gasteiger partial charge in [-0.1, -0.05) is 6.92 Å². The van der Waals surface area contributed by atoms with Crippen LogP contribution in [-0.4, -0.2) is 12.6 Å². The van der Waals surface area contributed by atoms with Crippen molar-refractivity contribution in [3.05, 3.63) is 18.2 Å². The molecule has 0 aliphatic heterocycles. The second kappa shape index (κ2) is 5.10.